The lowest BCUT2D eigenvalue weighted by Gasteiger charge is -2.33. The number of rotatable bonds is 2. The van der Waals surface area contributed by atoms with E-state index < -0.39 is 6.10 Å². The molecule has 0 fully saturated rings. The summed E-state index contributed by atoms with van der Waals surface area (Å²) < 4.78 is 19.3. The predicted molar refractivity (Wildman–Crippen MR) is 95.5 cm³/mol. The lowest BCUT2D eigenvalue weighted by atomic mass is 10.0. The maximum atomic E-state index is 13.6. The number of nitrogens with zero attached hydrogens (tertiary/aromatic N) is 1. The quantitative estimate of drug-likeness (QED) is 0.665. The van der Waals surface area contributed by atoms with E-state index in [1.165, 1.54) is 12.1 Å². The van der Waals surface area contributed by atoms with Crippen LogP contribution in [0.4, 0.5) is 15.8 Å². The van der Waals surface area contributed by atoms with Gasteiger partial charge in [0.15, 0.2) is 6.10 Å². The molecular weight excluding hydrogens is 317 g/mol. The van der Waals surface area contributed by atoms with E-state index >= 15 is 0 Å². The minimum absolute atomic E-state index is 0.130. The first kappa shape index (κ1) is 15.4. The van der Waals surface area contributed by atoms with Gasteiger partial charge in [-0.2, -0.15) is 0 Å². The third-order valence-electron chi connectivity index (χ3n) is 4.24. The second-order valence-corrected chi connectivity index (χ2v) is 5.96. The fourth-order valence-corrected chi connectivity index (χ4v) is 3.02. The van der Waals surface area contributed by atoms with E-state index in [4.69, 9.17) is 4.74 Å². The summed E-state index contributed by atoms with van der Waals surface area (Å²) in [6.45, 7) is 1.74. The average molecular weight is 333 g/mol. The van der Waals surface area contributed by atoms with Crippen LogP contribution in [-0.4, -0.2) is 12.0 Å². The van der Waals surface area contributed by atoms with E-state index in [2.05, 4.69) is 0 Å². The molecule has 0 spiro atoms. The van der Waals surface area contributed by atoms with Gasteiger partial charge >= 0.3 is 0 Å². The van der Waals surface area contributed by atoms with Crippen LogP contribution < -0.4 is 9.64 Å². The molecule has 0 N–H and O–H groups in total. The molecule has 3 aromatic rings. The summed E-state index contributed by atoms with van der Waals surface area (Å²) in [5.74, 6) is 0.210. The zero-order chi connectivity index (χ0) is 17.4. The van der Waals surface area contributed by atoms with Crippen molar-refractivity contribution in [2.24, 2.45) is 0 Å². The Kier molecular flexibility index (Phi) is 3.73. The number of carbonyl (C=O) groups excluding carboxylic acids is 1. The van der Waals surface area contributed by atoms with Crippen LogP contribution >= 0.6 is 0 Å². The van der Waals surface area contributed by atoms with Gasteiger partial charge in [0.1, 0.15) is 11.6 Å². The van der Waals surface area contributed by atoms with E-state index in [1.807, 2.05) is 54.6 Å². The number of para-hydroxylation sites is 1. The van der Waals surface area contributed by atoms with Crippen LogP contribution in [0.15, 0.2) is 72.8 Å². The van der Waals surface area contributed by atoms with Crippen molar-refractivity contribution in [3.05, 3.63) is 78.6 Å². The molecule has 4 heteroatoms. The normalized spacial score (nSPS) is 16.3. The van der Waals surface area contributed by atoms with E-state index in [0.717, 1.165) is 16.8 Å². The third kappa shape index (κ3) is 2.76. The second kappa shape index (κ2) is 6.06. The first-order chi connectivity index (χ1) is 12.1. The van der Waals surface area contributed by atoms with Crippen LogP contribution in [-0.2, 0) is 4.79 Å². The van der Waals surface area contributed by atoms with Crippen LogP contribution in [0.2, 0.25) is 0 Å². The predicted octanol–water partition coefficient (Wildman–Crippen LogP) is 4.94. The van der Waals surface area contributed by atoms with Gasteiger partial charge in [0.05, 0.1) is 5.69 Å². The standard InChI is InChI=1S/C21H16FNO2/c1-14-21(24)23(18-8-3-2-4-9-18)19-13-16(10-11-20(19)25-14)15-6-5-7-17(22)12-15/h2-14H,1H3. The van der Waals surface area contributed by atoms with Crippen molar-refractivity contribution in [3.63, 3.8) is 0 Å². The highest BCUT2D eigenvalue weighted by molar-refractivity contribution is 6.06. The summed E-state index contributed by atoms with van der Waals surface area (Å²) in [4.78, 5) is 14.4. The number of carbonyl (C=O) groups is 1. The van der Waals surface area contributed by atoms with E-state index in [-0.39, 0.29) is 11.7 Å². The van der Waals surface area contributed by atoms with E-state index in [9.17, 15) is 9.18 Å². The van der Waals surface area contributed by atoms with Crippen molar-refractivity contribution in [1.29, 1.82) is 0 Å². The molecule has 1 aliphatic heterocycles. The van der Waals surface area contributed by atoms with Gasteiger partial charge in [-0.15, -0.1) is 0 Å². The molecule has 1 atom stereocenters. The van der Waals surface area contributed by atoms with Crippen LogP contribution in [0.25, 0.3) is 11.1 Å². The Bertz CT molecular complexity index is 940. The second-order valence-electron chi connectivity index (χ2n) is 5.96. The Balaban J connectivity index is 1.87. The third-order valence-corrected chi connectivity index (χ3v) is 4.24. The molecule has 3 nitrogen and oxygen atoms in total. The lowest BCUT2D eigenvalue weighted by Crippen LogP contribution is -2.41. The Labute approximate surface area is 145 Å². The fourth-order valence-electron chi connectivity index (χ4n) is 3.02. The van der Waals surface area contributed by atoms with Crippen LogP contribution in [0.3, 0.4) is 0 Å². The van der Waals surface area contributed by atoms with Gasteiger partial charge in [-0.25, -0.2) is 4.39 Å². The van der Waals surface area contributed by atoms with Crippen molar-refractivity contribution in [2.75, 3.05) is 4.90 Å². The minimum atomic E-state index is -0.562. The van der Waals surface area contributed by atoms with Crippen LogP contribution in [0, 0.1) is 5.82 Å². The molecule has 4 rings (SSSR count). The Morgan fingerprint density at radius 2 is 1.68 bits per heavy atom. The van der Waals surface area contributed by atoms with Crippen molar-refractivity contribution in [1.82, 2.24) is 0 Å². The summed E-state index contributed by atoms with van der Waals surface area (Å²) in [5, 5.41) is 0. The molecule has 1 heterocycles. The highest BCUT2D eigenvalue weighted by Crippen LogP contribution is 2.41. The Morgan fingerprint density at radius 1 is 0.920 bits per heavy atom. The molecule has 0 bridgehead atoms. The molecule has 0 radical (unpaired) electrons. The lowest BCUT2D eigenvalue weighted by molar-refractivity contribution is -0.124. The number of fused-ring (bicyclic) bond motifs is 1. The summed E-state index contributed by atoms with van der Waals surface area (Å²) in [5.41, 5.74) is 3.02. The molecule has 25 heavy (non-hydrogen) atoms. The molecule has 3 aromatic carbocycles. The number of anilines is 2. The number of benzene rings is 3. The number of ether oxygens (including phenoxy) is 1. The highest BCUT2D eigenvalue weighted by atomic mass is 19.1. The largest absolute Gasteiger partial charge is 0.479 e. The highest BCUT2D eigenvalue weighted by Gasteiger charge is 2.32. The first-order valence-corrected chi connectivity index (χ1v) is 8.09. The monoisotopic (exact) mass is 333 g/mol. The molecule has 1 unspecified atom stereocenters. The molecule has 0 saturated carbocycles. The zero-order valence-electron chi connectivity index (χ0n) is 13.6. The first-order valence-electron chi connectivity index (χ1n) is 8.09. The molecule has 0 saturated heterocycles. The van der Waals surface area contributed by atoms with Crippen molar-refractivity contribution in [2.45, 2.75) is 13.0 Å². The van der Waals surface area contributed by atoms with Crippen molar-refractivity contribution < 1.29 is 13.9 Å². The van der Waals surface area contributed by atoms with Gasteiger partial charge in [0, 0.05) is 5.69 Å². The molecule has 0 aliphatic carbocycles. The van der Waals surface area contributed by atoms with Gasteiger partial charge in [0.2, 0.25) is 0 Å². The Morgan fingerprint density at radius 3 is 2.44 bits per heavy atom. The molecular formula is C21H16FNO2. The van der Waals surface area contributed by atoms with Crippen LogP contribution in [0.5, 0.6) is 5.75 Å². The van der Waals surface area contributed by atoms with Gasteiger partial charge in [-0.1, -0.05) is 36.4 Å². The summed E-state index contributed by atoms with van der Waals surface area (Å²) in [7, 11) is 0. The number of hydrogen-bond acceptors (Lipinski definition) is 2. The Hall–Kier alpha value is -3.14. The van der Waals surface area contributed by atoms with Gasteiger partial charge in [-0.3, -0.25) is 9.69 Å². The van der Waals surface area contributed by atoms with Gasteiger partial charge < -0.3 is 4.74 Å². The number of amides is 1. The number of hydrogen-bond donors (Lipinski definition) is 0. The van der Waals surface area contributed by atoms with E-state index in [0.29, 0.717) is 11.4 Å². The number of halogens is 1. The fraction of sp³-hybridized carbons (Fsp3) is 0.0952. The maximum Gasteiger partial charge on any atom is 0.272 e. The topological polar surface area (TPSA) is 29.5 Å². The maximum absolute atomic E-state index is 13.6. The van der Waals surface area contributed by atoms with Gasteiger partial charge in [-0.05, 0) is 54.4 Å². The summed E-state index contributed by atoms with van der Waals surface area (Å²) in [6, 6.07) is 21.4. The average Bonchev–Trinajstić information content (AvgIpc) is 2.63. The molecule has 1 aliphatic rings. The zero-order valence-corrected chi connectivity index (χ0v) is 13.6. The van der Waals surface area contributed by atoms with Crippen LogP contribution in [0.1, 0.15) is 6.92 Å². The van der Waals surface area contributed by atoms with E-state index in [1.54, 1.807) is 17.9 Å². The molecule has 1 amide bonds. The van der Waals surface area contributed by atoms with Gasteiger partial charge in [0.25, 0.3) is 5.91 Å². The van der Waals surface area contributed by atoms with Crippen molar-refractivity contribution in [3.8, 4) is 16.9 Å². The van der Waals surface area contributed by atoms with Crippen molar-refractivity contribution >= 4 is 17.3 Å². The minimum Gasteiger partial charge on any atom is -0.479 e. The SMILES string of the molecule is CC1Oc2ccc(-c3cccc(F)c3)cc2N(c2ccccc2)C1=O. The smallest absolute Gasteiger partial charge is 0.272 e. The summed E-state index contributed by atoms with van der Waals surface area (Å²) in [6.07, 6.45) is -0.562. The molecule has 124 valence electrons. The summed E-state index contributed by atoms with van der Waals surface area (Å²) >= 11 is 0. The molecule has 0 aromatic heterocycles.